The molecule has 4 saturated heterocycles. The molecule has 3 N–H and O–H groups in total. The minimum Gasteiger partial charge on any atom is -0.393 e. The Morgan fingerprint density at radius 1 is 1.00 bits per heavy atom. The van der Waals surface area contributed by atoms with Crippen LogP contribution in [-0.2, 0) is 30.3 Å². The molecule has 248 valence electrons. The number of hydrogen-bond donors (Lipinski definition) is 3. The topological polar surface area (TPSA) is 110 Å². The van der Waals surface area contributed by atoms with Crippen molar-refractivity contribution >= 4 is 0 Å². The summed E-state index contributed by atoms with van der Waals surface area (Å²) in [5, 5.41) is 37.1. The second-order valence-electron chi connectivity index (χ2n) is 15.9. The zero-order valence-electron chi connectivity index (χ0n) is 27.3. The van der Waals surface area contributed by atoms with E-state index in [9.17, 15) is 15.3 Å². The van der Waals surface area contributed by atoms with Gasteiger partial charge in [0, 0.05) is 18.3 Å². The van der Waals surface area contributed by atoms with E-state index in [0.717, 1.165) is 49.7 Å². The maximum Gasteiger partial charge on any atom is 0.284 e. The van der Waals surface area contributed by atoms with Gasteiger partial charge in [0.1, 0.15) is 35.1 Å². The number of hydrogen-bond acceptors (Lipinski definition) is 8. The maximum absolute atomic E-state index is 13.5. The standard InChI is InChI=1S/C37H52O8/c1-21(2)33-18-23(4)37-27-30(33)43-35(44-33,45-37)17-13-8-6-7-10-14-22(3)26-24(5)29(41-19-25-15-11-9-12-16-25)36(40,28(26)37)32(39)34(20-38)31(27)42-34/h9,11-12,15-16,22-24,26-32,38-40H,1,6-8,10,13-14,17-20H2,2-5H3/t22-,23-,24+,26+,27-,28-,29+,30-,31+,32-,33-,34+,35?,36-,37-/m1/s1. The summed E-state index contributed by atoms with van der Waals surface area (Å²) in [5.74, 6) is -2.10. The monoisotopic (exact) mass is 624 g/mol. The van der Waals surface area contributed by atoms with Gasteiger partial charge in [0.25, 0.3) is 5.97 Å². The van der Waals surface area contributed by atoms with Gasteiger partial charge >= 0.3 is 0 Å². The van der Waals surface area contributed by atoms with E-state index in [0.29, 0.717) is 19.4 Å². The first-order chi connectivity index (χ1) is 21.5. The lowest BCUT2D eigenvalue weighted by Crippen LogP contribution is -2.73. The minimum atomic E-state index is -1.75. The Labute approximate surface area is 267 Å². The van der Waals surface area contributed by atoms with Crippen LogP contribution in [-0.4, -0.2) is 74.7 Å². The van der Waals surface area contributed by atoms with Crippen molar-refractivity contribution in [3.05, 3.63) is 48.0 Å². The molecule has 1 aromatic rings. The predicted molar refractivity (Wildman–Crippen MR) is 166 cm³/mol. The largest absolute Gasteiger partial charge is 0.393 e. The molecule has 3 saturated carbocycles. The van der Waals surface area contributed by atoms with E-state index in [1.807, 2.05) is 37.3 Å². The highest BCUT2D eigenvalue weighted by atomic mass is 16.9. The van der Waals surface area contributed by atoms with Gasteiger partial charge in [-0.1, -0.05) is 89.8 Å². The molecule has 0 amide bonds. The van der Waals surface area contributed by atoms with E-state index in [1.165, 1.54) is 0 Å². The van der Waals surface area contributed by atoms with Crippen LogP contribution in [0.5, 0.6) is 0 Å². The van der Waals surface area contributed by atoms with Crippen molar-refractivity contribution in [2.75, 3.05) is 6.61 Å². The average molecular weight is 625 g/mol. The number of ether oxygens (including phenoxy) is 5. The van der Waals surface area contributed by atoms with Gasteiger partial charge in [-0.05, 0) is 54.6 Å². The van der Waals surface area contributed by atoms with Gasteiger partial charge in [-0.25, -0.2) is 0 Å². The molecule has 0 radical (unpaired) electrons. The molecular formula is C37H52O8. The molecule has 15 atom stereocenters. The summed E-state index contributed by atoms with van der Waals surface area (Å²) in [7, 11) is 0. The molecule has 45 heavy (non-hydrogen) atoms. The Kier molecular flexibility index (Phi) is 7.10. The van der Waals surface area contributed by atoms with E-state index >= 15 is 0 Å². The average Bonchev–Trinajstić information content (AvgIpc) is 3.65. The summed E-state index contributed by atoms with van der Waals surface area (Å²) in [4.78, 5) is 0. The molecule has 0 aromatic heterocycles. The lowest BCUT2D eigenvalue weighted by molar-refractivity contribution is -0.438. The summed E-state index contributed by atoms with van der Waals surface area (Å²) in [6.45, 7) is 13.0. The summed E-state index contributed by atoms with van der Waals surface area (Å²) < 4.78 is 34.8. The lowest BCUT2D eigenvalue weighted by Gasteiger charge is -2.61. The molecule has 3 bridgehead atoms. The van der Waals surface area contributed by atoms with Gasteiger partial charge in [-0.15, -0.1) is 0 Å². The third-order valence-electron chi connectivity index (χ3n) is 13.6. The molecule has 7 fully saturated rings. The van der Waals surface area contributed by atoms with Crippen LogP contribution in [0.3, 0.4) is 0 Å². The highest BCUT2D eigenvalue weighted by Gasteiger charge is 2.89. The molecule has 7 aliphatic rings. The Morgan fingerprint density at radius 3 is 2.47 bits per heavy atom. The number of aliphatic hydroxyl groups is 3. The fraction of sp³-hybridized carbons (Fsp3) is 0.784. The summed E-state index contributed by atoms with van der Waals surface area (Å²) in [5.41, 5.74) is -2.94. The van der Waals surface area contributed by atoms with Gasteiger partial charge < -0.3 is 39.0 Å². The number of fused-ring (bicyclic) bond motifs is 1. The molecule has 8 nitrogen and oxygen atoms in total. The number of epoxide rings is 1. The second kappa shape index (κ2) is 10.3. The second-order valence-corrected chi connectivity index (χ2v) is 15.9. The summed E-state index contributed by atoms with van der Waals surface area (Å²) >= 11 is 0. The van der Waals surface area contributed by atoms with E-state index in [2.05, 4.69) is 27.4 Å². The van der Waals surface area contributed by atoms with Crippen LogP contribution in [0.4, 0.5) is 0 Å². The Hall–Kier alpha value is -1.36. The molecule has 2 spiro atoms. The first kappa shape index (κ1) is 30.9. The third kappa shape index (κ3) is 3.88. The van der Waals surface area contributed by atoms with Gasteiger partial charge in [0.15, 0.2) is 0 Å². The quantitative estimate of drug-likeness (QED) is 0.314. The molecule has 4 heterocycles. The fourth-order valence-electron chi connectivity index (χ4n) is 11.7. The number of benzene rings is 1. The predicted octanol–water partition coefficient (Wildman–Crippen LogP) is 4.88. The van der Waals surface area contributed by atoms with Crippen molar-refractivity contribution in [2.45, 2.75) is 138 Å². The van der Waals surface area contributed by atoms with Crippen LogP contribution in [0.25, 0.3) is 0 Å². The van der Waals surface area contributed by atoms with E-state index < -0.39 is 65.3 Å². The molecule has 1 unspecified atom stereocenters. The molecule has 8 rings (SSSR count). The molecule has 4 aliphatic heterocycles. The van der Waals surface area contributed by atoms with Crippen molar-refractivity contribution in [2.24, 2.45) is 35.5 Å². The van der Waals surface area contributed by atoms with E-state index in [1.54, 1.807) is 0 Å². The smallest absolute Gasteiger partial charge is 0.284 e. The molecule has 8 heteroatoms. The van der Waals surface area contributed by atoms with Crippen LogP contribution in [0.15, 0.2) is 42.5 Å². The van der Waals surface area contributed by atoms with E-state index in [-0.39, 0.29) is 29.6 Å². The van der Waals surface area contributed by atoms with Crippen LogP contribution < -0.4 is 0 Å². The first-order valence-electron chi connectivity index (χ1n) is 17.6. The lowest BCUT2D eigenvalue weighted by atomic mass is 9.52. The number of rotatable bonds is 5. The van der Waals surface area contributed by atoms with Crippen molar-refractivity contribution < 1.29 is 39.0 Å². The number of aliphatic hydroxyl groups excluding tert-OH is 2. The van der Waals surface area contributed by atoms with Gasteiger partial charge in [-0.2, -0.15) is 0 Å². The Bertz CT molecular complexity index is 1320. The minimum absolute atomic E-state index is 0.0174. The van der Waals surface area contributed by atoms with Crippen molar-refractivity contribution in [3.8, 4) is 0 Å². The van der Waals surface area contributed by atoms with Gasteiger partial charge in [-0.3, -0.25) is 0 Å². The van der Waals surface area contributed by atoms with Crippen LogP contribution in [0, 0.1) is 35.5 Å². The Morgan fingerprint density at radius 2 is 1.73 bits per heavy atom. The zero-order chi connectivity index (χ0) is 31.6. The third-order valence-corrected chi connectivity index (χ3v) is 13.6. The molecule has 3 aliphatic carbocycles. The first-order valence-corrected chi connectivity index (χ1v) is 17.6. The highest BCUT2D eigenvalue weighted by molar-refractivity contribution is 5.38. The van der Waals surface area contributed by atoms with Gasteiger partial charge in [0.05, 0.1) is 24.9 Å². The van der Waals surface area contributed by atoms with Crippen LogP contribution >= 0.6 is 0 Å². The van der Waals surface area contributed by atoms with Gasteiger partial charge in [0.2, 0.25) is 0 Å². The van der Waals surface area contributed by atoms with Crippen LogP contribution in [0.2, 0.25) is 0 Å². The van der Waals surface area contributed by atoms with Crippen molar-refractivity contribution in [1.29, 1.82) is 0 Å². The highest BCUT2D eigenvalue weighted by Crippen LogP contribution is 2.75. The Balaban J connectivity index is 1.35. The molecule has 1 aromatic carbocycles. The normalized spacial score (nSPS) is 54.7. The zero-order valence-corrected chi connectivity index (χ0v) is 27.3. The van der Waals surface area contributed by atoms with Crippen molar-refractivity contribution in [1.82, 2.24) is 0 Å². The maximum atomic E-state index is 13.5. The van der Waals surface area contributed by atoms with Crippen molar-refractivity contribution in [3.63, 3.8) is 0 Å². The summed E-state index contributed by atoms with van der Waals surface area (Å²) in [6, 6.07) is 9.99. The van der Waals surface area contributed by atoms with E-state index in [4.69, 9.17) is 23.7 Å². The molecular weight excluding hydrogens is 572 g/mol. The fourth-order valence-corrected chi connectivity index (χ4v) is 11.7. The van der Waals surface area contributed by atoms with Crippen LogP contribution in [0.1, 0.15) is 84.6 Å². The SMILES string of the molecule is C=C(C)[C@]12C[C@@H](C)[C@@]34OC5(CCCCCCC[C@@H](C)[C@H]6[C@H](C)[C@H](OCc7ccccc7)[C@@](O)([C@H](O)[C@@]7(CO)O[C@H]7[C@H]3[C@H]1O5)[C@@H]64)O2. The summed E-state index contributed by atoms with van der Waals surface area (Å²) in [6.07, 6.45) is 4.55.